The average Bonchev–Trinajstić information content (AvgIpc) is 2.67. The highest BCUT2D eigenvalue weighted by atomic mass is 35.5. The minimum Gasteiger partial charge on any atom is -0.495 e. The first-order chi connectivity index (χ1) is 13.0. The molecule has 2 N–H and O–H groups in total. The first-order valence-corrected chi connectivity index (χ1v) is 8.74. The molecule has 140 valence electrons. The number of halogens is 1. The zero-order valence-electron chi connectivity index (χ0n) is 15.6. The third kappa shape index (κ3) is 4.23. The van der Waals surface area contributed by atoms with Crippen molar-refractivity contribution in [3.63, 3.8) is 0 Å². The predicted octanol–water partition coefficient (Wildman–Crippen LogP) is 5.25. The topological polar surface area (TPSA) is 68.3 Å². The van der Waals surface area contributed by atoms with E-state index in [-0.39, 0.29) is 0 Å². The maximum atomic E-state index is 6.16. The molecule has 7 heteroatoms. The lowest BCUT2D eigenvalue weighted by Crippen LogP contribution is -2.03. The lowest BCUT2D eigenvalue weighted by molar-refractivity contribution is 0.405. The van der Waals surface area contributed by atoms with Crippen LogP contribution in [0.5, 0.6) is 11.5 Å². The molecular weight excluding hydrogens is 364 g/mol. The van der Waals surface area contributed by atoms with Crippen LogP contribution in [0, 0.1) is 13.8 Å². The normalized spacial score (nSPS) is 10.4. The molecule has 3 rings (SSSR count). The van der Waals surface area contributed by atoms with Crippen LogP contribution in [0.1, 0.15) is 11.1 Å². The van der Waals surface area contributed by atoms with Crippen LogP contribution in [-0.2, 0) is 0 Å². The van der Waals surface area contributed by atoms with E-state index in [9.17, 15) is 0 Å². The number of aryl methyl sites for hydroxylation is 1. The maximum absolute atomic E-state index is 6.16. The van der Waals surface area contributed by atoms with Crippen molar-refractivity contribution in [2.75, 3.05) is 24.9 Å². The molecule has 0 aliphatic carbocycles. The summed E-state index contributed by atoms with van der Waals surface area (Å²) in [5.41, 5.74) is 4.02. The van der Waals surface area contributed by atoms with E-state index in [0.717, 1.165) is 11.3 Å². The molecule has 3 aromatic rings. The standard InChI is InChI=1S/C20H21ClN4O2/c1-12-6-5-7-15(13(12)2)24-20-22-9-8-19(25-20)23-16-11-17(26-3)14(21)10-18(16)27-4/h5-11H,1-4H3,(H2,22,23,24,25). The van der Waals surface area contributed by atoms with Crippen LogP contribution in [0.3, 0.4) is 0 Å². The number of rotatable bonds is 6. The molecule has 0 spiro atoms. The number of anilines is 4. The van der Waals surface area contributed by atoms with E-state index in [4.69, 9.17) is 21.1 Å². The van der Waals surface area contributed by atoms with Gasteiger partial charge in [0.2, 0.25) is 5.95 Å². The van der Waals surface area contributed by atoms with Gasteiger partial charge in [0.1, 0.15) is 17.3 Å². The summed E-state index contributed by atoms with van der Waals surface area (Å²) in [5.74, 6) is 2.24. The Bertz CT molecular complexity index is 963. The lowest BCUT2D eigenvalue weighted by Gasteiger charge is -2.14. The Hall–Kier alpha value is -2.99. The molecule has 0 atom stereocenters. The highest BCUT2D eigenvalue weighted by molar-refractivity contribution is 6.32. The Morgan fingerprint density at radius 3 is 2.44 bits per heavy atom. The van der Waals surface area contributed by atoms with Crippen LogP contribution >= 0.6 is 11.6 Å². The van der Waals surface area contributed by atoms with E-state index in [0.29, 0.717) is 34.0 Å². The minimum atomic E-state index is 0.472. The van der Waals surface area contributed by atoms with Crippen molar-refractivity contribution in [3.05, 3.63) is 58.7 Å². The van der Waals surface area contributed by atoms with Crippen molar-refractivity contribution in [2.45, 2.75) is 13.8 Å². The second-order valence-electron chi connectivity index (χ2n) is 5.95. The number of hydrogen-bond donors (Lipinski definition) is 2. The zero-order valence-corrected chi connectivity index (χ0v) is 16.4. The molecule has 0 saturated heterocycles. The minimum absolute atomic E-state index is 0.472. The molecule has 0 unspecified atom stereocenters. The first-order valence-electron chi connectivity index (χ1n) is 8.36. The molecule has 27 heavy (non-hydrogen) atoms. The van der Waals surface area contributed by atoms with Gasteiger partial charge in [-0.2, -0.15) is 4.98 Å². The maximum Gasteiger partial charge on any atom is 0.229 e. The summed E-state index contributed by atoms with van der Waals surface area (Å²) in [7, 11) is 3.14. The average molecular weight is 385 g/mol. The van der Waals surface area contributed by atoms with E-state index < -0.39 is 0 Å². The number of ether oxygens (including phenoxy) is 2. The molecule has 0 saturated carbocycles. The summed E-state index contributed by atoms with van der Waals surface area (Å²) in [6.07, 6.45) is 1.68. The summed E-state index contributed by atoms with van der Waals surface area (Å²) >= 11 is 6.16. The number of hydrogen-bond acceptors (Lipinski definition) is 6. The van der Waals surface area contributed by atoms with Gasteiger partial charge in [0.25, 0.3) is 0 Å². The van der Waals surface area contributed by atoms with E-state index in [1.165, 1.54) is 5.56 Å². The highest BCUT2D eigenvalue weighted by Gasteiger charge is 2.11. The van der Waals surface area contributed by atoms with Crippen molar-refractivity contribution in [1.29, 1.82) is 0 Å². The van der Waals surface area contributed by atoms with Crippen LogP contribution in [0.25, 0.3) is 0 Å². The molecule has 0 aliphatic heterocycles. The first kappa shape index (κ1) is 18.8. The number of nitrogens with zero attached hydrogens (tertiary/aromatic N) is 2. The van der Waals surface area contributed by atoms with Crippen molar-refractivity contribution in [1.82, 2.24) is 9.97 Å². The van der Waals surface area contributed by atoms with Gasteiger partial charge in [-0.05, 0) is 37.1 Å². The van der Waals surface area contributed by atoms with Crippen molar-refractivity contribution in [2.24, 2.45) is 0 Å². The Morgan fingerprint density at radius 1 is 0.926 bits per heavy atom. The van der Waals surface area contributed by atoms with Gasteiger partial charge >= 0.3 is 0 Å². The second-order valence-corrected chi connectivity index (χ2v) is 6.36. The lowest BCUT2D eigenvalue weighted by atomic mass is 10.1. The number of aromatic nitrogens is 2. The van der Waals surface area contributed by atoms with E-state index in [1.807, 2.05) is 12.1 Å². The van der Waals surface area contributed by atoms with Gasteiger partial charge in [0.05, 0.1) is 24.9 Å². The van der Waals surface area contributed by atoms with Gasteiger partial charge in [-0.3, -0.25) is 0 Å². The fourth-order valence-electron chi connectivity index (χ4n) is 2.59. The van der Waals surface area contributed by atoms with Crippen molar-refractivity contribution < 1.29 is 9.47 Å². The molecule has 0 radical (unpaired) electrons. The van der Waals surface area contributed by atoms with Gasteiger partial charge in [0.15, 0.2) is 0 Å². The van der Waals surface area contributed by atoms with Crippen LogP contribution in [0.15, 0.2) is 42.6 Å². The zero-order chi connectivity index (χ0) is 19.4. The summed E-state index contributed by atoms with van der Waals surface area (Å²) in [6, 6.07) is 11.3. The molecule has 0 fully saturated rings. The van der Waals surface area contributed by atoms with Crippen LogP contribution in [-0.4, -0.2) is 24.2 Å². The molecule has 0 bridgehead atoms. The Balaban J connectivity index is 1.87. The van der Waals surface area contributed by atoms with Crippen LogP contribution in [0.2, 0.25) is 5.02 Å². The molecule has 6 nitrogen and oxygen atoms in total. The van der Waals surface area contributed by atoms with Crippen molar-refractivity contribution in [3.8, 4) is 11.5 Å². The second kappa shape index (κ2) is 8.14. The fourth-order valence-corrected chi connectivity index (χ4v) is 2.82. The number of benzene rings is 2. The largest absolute Gasteiger partial charge is 0.495 e. The van der Waals surface area contributed by atoms with E-state index in [2.05, 4.69) is 40.5 Å². The molecule has 2 aromatic carbocycles. The summed E-state index contributed by atoms with van der Waals surface area (Å²) in [4.78, 5) is 8.82. The highest BCUT2D eigenvalue weighted by Crippen LogP contribution is 2.37. The SMILES string of the molecule is COc1cc(Nc2ccnc(Nc3cccc(C)c3C)n2)c(OC)cc1Cl. The van der Waals surface area contributed by atoms with Gasteiger partial charge < -0.3 is 20.1 Å². The number of methoxy groups -OCH3 is 2. The monoisotopic (exact) mass is 384 g/mol. The van der Waals surface area contributed by atoms with Gasteiger partial charge in [-0.25, -0.2) is 4.98 Å². The third-order valence-electron chi connectivity index (χ3n) is 4.24. The van der Waals surface area contributed by atoms with Crippen LogP contribution in [0.4, 0.5) is 23.1 Å². The summed E-state index contributed by atoms with van der Waals surface area (Å²) in [6.45, 7) is 4.13. The molecular formula is C20H21ClN4O2. The van der Waals surface area contributed by atoms with Gasteiger partial charge in [0, 0.05) is 24.0 Å². The Kier molecular flexibility index (Phi) is 5.66. The third-order valence-corrected chi connectivity index (χ3v) is 4.54. The molecule has 0 aliphatic rings. The van der Waals surface area contributed by atoms with E-state index in [1.54, 1.807) is 38.6 Å². The van der Waals surface area contributed by atoms with Crippen LogP contribution < -0.4 is 20.1 Å². The molecule has 1 heterocycles. The van der Waals surface area contributed by atoms with Crippen molar-refractivity contribution >= 4 is 34.7 Å². The van der Waals surface area contributed by atoms with Gasteiger partial charge in [-0.15, -0.1) is 0 Å². The Morgan fingerprint density at radius 2 is 1.70 bits per heavy atom. The summed E-state index contributed by atoms with van der Waals surface area (Å²) in [5, 5.41) is 6.96. The summed E-state index contributed by atoms with van der Waals surface area (Å²) < 4.78 is 10.7. The fraction of sp³-hybridized carbons (Fsp3) is 0.200. The number of nitrogens with one attached hydrogen (secondary N) is 2. The predicted molar refractivity (Wildman–Crippen MR) is 109 cm³/mol. The Labute approximate surface area is 163 Å². The smallest absolute Gasteiger partial charge is 0.229 e. The quantitative estimate of drug-likeness (QED) is 0.604. The molecule has 0 amide bonds. The molecule has 1 aromatic heterocycles. The van der Waals surface area contributed by atoms with Gasteiger partial charge in [-0.1, -0.05) is 23.7 Å². The van der Waals surface area contributed by atoms with E-state index >= 15 is 0 Å².